The van der Waals surface area contributed by atoms with Crippen LogP contribution in [0.15, 0.2) is 63.8 Å². The summed E-state index contributed by atoms with van der Waals surface area (Å²) in [5, 5.41) is 0.435. The average molecular weight is 471 g/mol. The van der Waals surface area contributed by atoms with Gasteiger partial charge in [-0.05, 0) is 61.2 Å². The molecule has 2 heterocycles. The van der Waals surface area contributed by atoms with Crippen molar-refractivity contribution in [1.82, 2.24) is 0 Å². The summed E-state index contributed by atoms with van der Waals surface area (Å²) in [5.41, 5.74) is 3.48. The van der Waals surface area contributed by atoms with Crippen LogP contribution in [0.1, 0.15) is 40.6 Å². The number of benzene rings is 3. The van der Waals surface area contributed by atoms with Crippen molar-refractivity contribution >= 4 is 16.9 Å². The lowest BCUT2D eigenvalue weighted by Crippen LogP contribution is -2.12. The van der Waals surface area contributed by atoms with E-state index in [0.29, 0.717) is 70.3 Å². The molecule has 178 valence electrons. The summed E-state index contributed by atoms with van der Waals surface area (Å²) in [4.78, 5) is 26.4. The number of aryl methyl sites for hydroxylation is 3. The van der Waals surface area contributed by atoms with Crippen molar-refractivity contribution in [2.24, 2.45) is 0 Å². The summed E-state index contributed by atoms with van der Waals surface area (Å²) >= 11 is 0. The molecule has 0 saturated heterocycles. The van der Waals surface area contributed by atoms with Crippen LogP contribution < -0.4 is 19.6 Å². The lowest BCUT2D eigenvalue weighted by atomic mass is 10.00. The Morgan fingerprint density at radius 1 is 0.971 bits per heavy atom. The highest BCUT2D eigenvalue weighted by molar-refractivity contribution is 5.93. The van der Waals surface area contributed by atoms with E-state index in [1.165, 1.54) is 0 Å². The monoisotopic (exact) mass is 470 g/mol. The first-order valence-electron chi connectivity index (χ1n) is 11.7. The Balaban J connectivity index is 1.58. The maximum absolute atomic E-state index is 13.6. The first kappa shape index (κ1) is 22.7. The Bertz CT molecular complexity index is 1500. The first-order valence-corrected chi connectivity index (χ1v) is 11.7. The van der Waals surface area contributed by atoms with Gasteiger partial charge in [0, 0.05) is 12.5 Å². The van der Waals surface area contributed by atoms with Gasteiger partial charge in [0.2, 0.25) is 5.43 Å². The molecule has 0 spiro atoms. The van der Waals surface area contributed by atoms with Gasteiger partial charge < -0.3 is 18.6 Å². The van der Waals surface area contributed by atoms with Crippen LogP contribution in [-0.4, -0.2) is 19.2 Å². The third kappa shape index (κ3) is 4.28. The highest BCUT2D eigenvalue weighted by atomic mass is 16.5. The van der Waals surface area contributed by atoms with Crippen molar-refractivity contribution < 1.29 is 23.4 Å². The maximum Gasteiger partial charge on any atom is 0.343 e. The standard InChI is InChI=1S/C29H26O6/c1-4-19-14-22-25(16-24(19)35-29(31)21-9-6-5-8-17(21)2)34-18(3)27(28(22)30)20-10-11-23-26(15-20)33-13-7-12-32-23/h5-6,8-11,14-16H,4,7,12-13H2,1-3H3. The van der Waals surface area contributed by atoms with E-state index >= 15 is 0 Å². The van der Waals surface area contributed by atoms with Crippen LogP contribution in [0.2, 0.25) is 0 Å². The molecule has 6 nitrogen and oxygen atoms in total. The topological polar surface area (TPSA) is 75.0 Å². The third-order valence-corrected chi connectivity index (χ3v) is 6.23. The summed E-state index contributed by atoms with van der Waals surface area (Å²) in [6, 6.07) is 16.2. The molecule has 6 heteroatoms. The van der Waals surface area contributed by atoms with E-state index in [4.69, 9.17) is 18.6 Å². The summed E-state index contributed by atoms with van der Waals surface area (Å²) < 4.78 is 23.4. The van der Waals surface area contributed by atoms with E-state index in [0.717, 1.165) is 17.5 Å². The molecule has 0 fully saturated rings. The highest BCUT2D eigenvalue weighted by Crippen LogP contribution is 2.36. The highest BCUT2D eigenvalue weighted by Gasteiger charge is 2.20. The van der Waals surface area contributed by atoms with Crippen molar-refractivity contribution in [1.29, 1.82) is 0 Å². The molecule has 0 radical (unpaired) electrons. The predicted molar refractivity (Wildman–Crippen MR) is 134 cm³/mol. The molecule has 0 amide bonds. The van der Waals surface area contributed by atoms with Gasteiger partial charge in [0.1, 0.15) is 17.1 Å². The molecular weight excluding hydrogens is 444 g/mol. The van der Waals surface area contributed by atoms with Gasteiger partial charge in [0.15, 0.2) is 11.5 Å². The van der Waals surface area contributed by atoms with Gasteiger partial charge in [-0.25, -0.2) is 4.79 Å². The van der Waals surface area contributed by atoms with Gasteiger partial charge in [-0.3, -0.25) is 4.79 Å². The van der Waals surface area contributed by atoms with Crippen LogP contribution in [0.25, 0.3) is 22.1 Å². The second kappa shape index (κ2) is 9.29. The van der Waals surface area contributed by atoms with Gasteiger partial charge in [0.05, 0.1) is 29.7 Å². The van der Waals surface area contributed by atoms with Gasteiger partial charge in [0.25, 0.3) is 0 Å². The smallest absolute Gasteiger partial charge is 0.343 e. The molecule has 0 aliphatic carbocycles. The lowest BCUT2D eigenvalue weighted by molar-refractivity contribution is 0.0732. The van der Waals surface area contributed by atoms with Crippen molar-refractivity contribution in [3.05, 3.63) is 87.3 Å². The molecule has 0 saturated carbocycles. The molecule has 35 heavy (non-hydrogen) atoms. The number of hydrogen-bond acceptors (Lipinski definition) is 6. The van der Waals surface area contributed by atoms with E-state index in [-0.39, 0.29) is 5.43 Å². The summed E-state index contributed by atoms with van der Waals surface area (Å²) in [6.45, 7) is 6.73. The van der Waals surface area contributed by atoms with E-state index in [1.54, 1.807) is 31.2 Å². The molecular formula is C29H26O6. The minimum absolute atomic E-state index is 0.148. The van der Waals surface area contributed by atoms with Crippen LogP contribution in [0.5, 0.6) is 17.2 Å². The number of rotatable bonds is 4. The number of carbonyl (C=O) groups excluding carboxylic acids is 1. The molecule has 3 aromatic carbocycles. The average Bonchev–Trinajstić information content (AvgIpc) is 3.09. The molecule has 1 aromatic heterocycles. The minimum Gasteiger partial charge on any atom is -0.490 e. The summed E-state index contributed by atoms with van der Waals surface area (Å²) in [7, 11) is 0. The van der Waals surface area contributed by atoms with Gasteiger partial charge >= 0.3 is 5.97 Å². The van der Waals surface area contributed by atoms with Crippen molar-refractivity contribution in [3.8, 4) is 28.4 Å². The van der Waals surface area contributed by atoms with E-state index in [2.05, 4.69) is 0 Å². The van der Waals surface area contributed by atoms with Crippen LogP contribution >= 0.6 is 0 Å². The quantitative estimate of drug-likeness (QED) is 0.268. The molecule has 4 aromatic rings. The number of esters is 1. The van der Waals surface area contributed by atoms with Gasteiger partial charge in [-0.2, -0.15) is 0 Å². The second-order valence-electron chi connectivity index (χ2n) is 8.59. The third-order valence-electron chi connectivity index (χ3n) is 6.23. The summed E-state index contributed by atoms with van der Waals surface area (Å²) in [6.07, 6.45) is 1.39. The Morgan fingerprint density at radius 3 is 2.51 bits per heavy atom. The normalized spacial score (nSPS) is 12.9. The zero-order valence-electron chi connectivity index (χ0n) is 20.0. The fraction of sp³-hybridized carbons (Fsp3) is 0.241. The molecule has 0 unspecified atom stereocenters. The zero-order chi connectivity index (χ0) is 24.5. The Kier molecular flexibility index (Phi) is 6.03. The Labute approximate surface area is 203 Å². The van der Waals surface area contributed by atoms with Crippen LogP contribution in [0.4, 0.5) is 0 Å². The van der Waals surface area contributed by atoms with Crippen molar-refractivity contribution in [2.75, 3.05) is 13.2 Å². The fourth-order valence-electron chi connectivity index (χ4n) is 4.36. The molecule has 1 aliphatic rings. The van der Waals surface area contributed by atoms with Crippen LogP contribution in [0, 0.1) is 13.8 Å². The van der Waals surface area contributed by atoms with E-state index in [1.807, 2.05) is 44.2 Å². The summed E-state index contributed by atoms with van der Waals surface area (Å²) in [5.74, 6) is 1.70. The van der Waals surface area contributed by atoms with E-state index < -0.39 is 5.97 Å². The van der Waals surface area contributed by atoms with Gasteiger partial charge in [-0.15, -0.1) is 0 Å². The Morgan fingerprint density at radius 2 is 1.74 bits per heavy atom. The van der Waals surface area contributed by atoms with Crippen molar-refractivity contribution in [2.45, 2.75) is 33.6 Å². The largest absolute Gasteiger partial charge is 0.490 e. The predicted octanol–water partition coefficient (Wildman–Crippen LogP) is 6.02. The van der Waals surface area contributed by atoms with E-state index in [9.17, 15) is 9.59 Å². The minimum atomic E-state index is -0.444. The Hall–Kier alpha value is -4.06. The van der Waals surface area contributed by atoms with Crippen molar-refractivity contribution in [3.63, 3.8) is 0 Å². The number of fused-ring (bicyclic) bond motifs is 2. The first-order chi connectivity index (χ1) is 17.0. The number of carbonyl (C=O) groups is 1. The molecule has 0 N–H and O–H groups in total. The fourth-order valence-corrected chi connectivity index (χ4v) is 4.36. The second-order valence-corrected chi connectivity index (χ2v) is 8.59. The molecule has 0 atom stereocenters. The lowest BCUT2D eigenvalue weighted by Gasteiger charge is -2.14. The number of hydrogen-bond donors (Lipinski definition) is 0. The maximum atomic E-state index is 13.6. The molecule has 0 bridgehead atoms. The van der Waals surface area contributed by atoms with Crippen LogP contribution in [0.3, 0.4) is 0 Å². The molecule has 1 aliphatic heterocycles. The zero-order valence-corrected chi connectivity index (χ0v) is 20.0. The van der Waals surface area contributed by atoms with Crippen LogP contribution in [-0.2, 0) is 6.42 Å². The molecule has 5 rings (SSSR count). The number of ether oxygens (including phenoxy) is 3. The van der Waals surface area contributed by atoms with Gasteiger partial charge in [-0.1, -0.05) is 31.2 Å². The SMILES string of the molecule is CCc1cc2c(=O)c(-c3ccc4c(c3)OCCCO4)c(C)oc2cc1OC(=O)c1ccccc1C.